The number of carbonyl (C=O) groups is 1. The molecular formula is C18H25NO4. The van der Waals surface area contributed by atoms with Gasteiger partial charge in [-0.15, -0.1) is 0 Å². The number of ether oxygens (including phenoxy) is 3. The van der Waals surface area contributed by atoms with Gasteiger partial charge in [-0.1, -0.05) is 19.8 Å². The van der Waals surface area contributed by atoms with Crippen LogP contribution < -0.4 is 4.74 Å². The van der Waals surface area contributed by atoms with Crippen molar-refractivity contribution in [3.05, 3.63) is 29.5 Å². The predicted molar refractivity (Wildman–Crippen MR) is 90.2 cm³/mol. The first-order valence-corrected chi connectivity index (χ1v) is 8.08. The number of nitrogens with one attached hydrogen (secondary N) is 1. The van der Waals surface area contributed by atoms with Crippen LogP contribution in [0.1, 0.15) is 42.1 Å². The second kappa shape index (κ2) is 8.58. The lowest BCUT2D eigenvalue weighted by Gasteiger charge is -2.10. The molecule has 0 aliphatic rings. The van der Waals surface area contributed by atoms with E-state index >= 15 is 0 Å². The second-order valence-electron chi connectivity index (χ2n) is 5.50. The summed E-state index contributed by atoms with van der Waals surface area (Å²) in [6.45, 7) is 5.53. The van der Waals surface area contributed by atoms with Gasteiger partial charge in [0.15, 0.2) is 0 Å². The SMILES string of the molecule is CCCCCOC(=O)c1c[nH]c2ccc(OCCOC)c(C)c12. The van der Waals surface area contributed by atoms with E-state index in [-0.39, 0.29) is 5.97 Å². The molecule has 0 aliphatic heterocycles. The summed E-state index contributed by atoms with van der Waals surface area (Å²) >= 11 is 0. The van der Waals surface area contributed by atoms with Gasteiger partial charge in [-0.3, -0.25) is 0 Å². The number of hydrogen-bond donors (Lipinski definition) is 1. The van der Waals surface area contributed by atoms with Crippen molar-refractivity contribution in [1.82, 2.24) is 4.98 Å². The normalized spacial score (nSPS) is 10.9. The van der Waals surface area contributed by atoms with Gasteiger partial charge >= 0.3 is 5.97 Å². The number of esters is 1. The van der Waals surface area contributed by atoms with E-state index in [1.165, 1.54) is 0 Å². The number of fused-ring (bicyclic) bond motifs is 1. The number of aromatic amines is 1. The van der Waals surface area contributed by atoms with Crippen LogP contribution in [0, 0.1) is 6.92 Å². The lowest BCUT2D eigenvalue weighted by Crippen LogP contribution is -2.07. The molecule has 0 saturated heterocycles. The highest BCUT2D eigenvalue weighted by molar-refractivity contribution is 6.06. The number of rotatable bonds is 9. The number of aryl methyl sites for hydroxylation is 1. The molecule has 1 N–H and O–H groups in total. The molecule has 0 saturated carbocycles. The molecule has 126 valence electrons. The molecule has 0 aliphatic carbocycles. The summed E-state index contributed by atoms with van der Waals surface area (Å²) in [6.07, 6.45) is 4.78. The Morgan fingerprint density at radius 2 is 2.00 bits per heavy atom. The third-order valence-electron chi connectivity index (χ3n) is 3.80. The zero-order valence-corrected chi connectivity index (χ0v) is 14.1. The molecule has 0 spiro atoms. The van der Waals surface area contributed by atoms with Crippen molar-refractivity contribution in [2.45, 2.75) is 33.1 Å². The standard InChI is InChI=1S/C18H25NO4/c1-4-5-6-9-23-18(20)14-12-19-15-7-8-16(13(2)17(14)15)22-11-10-21-3/h7-8,12,19H,4-6,9-11H2,1-3H3. The van der Waals surface area contributed by atoms with E-state index in [9.17, 15) is 4.79 Å². The van der Waals surface area contributed by atoms with Gasteiger partial charge in [0.2, 0.25) is 0 Å². The van der Waals surface area contributed by atoms with Crippen molar-refractivity contribution in [1.29, 1.82) is 0 Å². The Morgan fingerprint density at radius 1 is 1.17 bits per heavy atom. The van der Waals surface area contributed by atoms with Gasteiger partial charge in [-0.25, -0.2) is 4.79 Å². The highest BCUT2D eigenvalue weighted by Gasteiger charge is 2.17. The monoisotopic (exact) mass is 319 g/mol. The summed E-state index contributed by atoms with van der Waals surface area (Å²) in [5, 5.41) is 0.861. The number of unbranched alkanes of at least 4 members (excludes halogenated alkanes) is 2. The molecule has 0 unspecified atom stereocenters. The molecule has 1 aromatic heterocycles. The third kappa shape index (κ3) is 4.26. The van der Waals surface area contributed by atoms with Crippen LogP contribution in [0.15, 0.2) is 18.3 Å². The van der Waals surface area contributed by atoms with Crippen LogP contribution in [-0.4, -0.2) is 37.9 Å². The first-order chi connectivity index (χ1) is 11.2. The van der Waals surface area contributed by atoms with E-state index in [4.69, 9.17) is 14.2 Å². The van der Waals surface area contributed by atoms with Crippen molar-refractivity contribution in [2.75, 3.05) is 26.9 Å². The Balaban J connectivity index is 2.16. The topological polar surface area (TPSA) is 60.6 Å². The van der Waals surface area contributed by atoms with E-state index in [0.29, 0.717) is 25.4 Å². The van der Waals surface area contributed by atoms with E-state index in [1.54, 1.807) is 13.3 Å². The van der Waals surface area contributed by atoms with Crippen LogP contribution in [0.25, 0.3) is 10.9 Å². The highest BCUT2D eigenvalue weighted by atomic mass is 16.5. The minimum absolute atomic E-state index is 0.288. The van der Waals surface area contributed by atoms with Crippen molar-refractivity contribution >= 4 is 16.9 Å². The number of aromatic nitrogens is 1. The van der Waals surface area contributed by atoms with Crippen LogP contribution in [0.4, 0.5) is 0 Å². The van der Waals surface area contributed by atoms with Crippen LogP contribution in [0.2, 0.25) is 0 Å². The van der Waals surface area contributed by atoms with E-state index in [2.05, 4.69) is 11.9 Å². The molecule has 0 fully saturated rings. The summed E-state index contributed by atoms with van der Waals surface area (Å²) in [5.74, 6) is 0.471. The van der Waals surface area contributed by atoms with Gasteiger partial charge in [0.25, 0.3) is 0 Å². The molecule has 0 atom stereocenters. The van der Waals surface area contributed by atoms with Crippen LogP contribution >= 0.6 is 0 Å². The number of hydrogen-bond acceptors (Lipinski definition) is 4. The zero-order valence-electron chi connectivity index (χ0n) is 14.1. The van der Waals surface area contributed by atoms with E-state index in [0.717, 1.165) is 41.5 Å². The molecule has 23 heavy (non-hydrogen) atoms. The third-order valence-corrected chi connectivity index (χ3v) is 3.80. The van der Waals surface area contributed by atoms with Gasteiger partial charge in [-0.2, -0.15) is 0 Å². The largest absolute Gasteiger partial charge is 0.491 e. The number of H-pyrrole nitrogens is 1. The molecule has 2 aromatic rings. The molecule has 5 nitrogen and oxygen atoms in total. The molecule has 1 aromatic carbocycles. The first-order valence-electron chi connectivity index (χ1n) is 8.08. The Hall–Kier alpha value is -2.01. The molecule has 0 amide bonds. The predicted octanol–water partition coefficient (Wildman–Crippen LogP) is 3.85. The van der Waals surface area contributed by atoms with Gasteiger partial charge in [0.1, 0.15) is 12.4 Å². The molecular weight excluding hydrogens is 294 g/mol. The smallest absolute Gasteiger partial charge is 0.340 e. The number of benzene rings is 1. The van der Waals surface area contributed by atoms with Gasteiger partial charge < -0.3 is 19.2 Å². The molecule has 0 radical (unpaired) electrons. The van der Waals surface area contributed by atoms with Gasteiger partial charge in [0, 0.05) is 29.8 Å². The van der Waals surface area contributed by atoms with Gasteiger partial charge in [0.05, 0.1) is 18.8 Å². The fraction of sp³-hybridized carbons (Fsp3) is 0.500. The maximum Gasteiger partial charge on any atom is 0.340 e. The second-order valence-corrected chi connectivity index (χ2v) is 5.50. The maximum absolute atomic E-state index is 12.3. The number of carbonyl (C=O) groups excluding carboxylic acids is 1. The first kappa shape index (κ1) is 17.3. The van der Waals surface area contributed by atoms with Crippen molar-refractivity contribution in [3.8, 4) is 5.75 Å². The van der Waals surface area contributed by atoms with Gasteiger partial charge in [-0.05, 0) is 25.5 Å². The Bertz CT molecular complexity index is 648. The fourth-order valence-electron chi connectivity index (χ4n) is 2.53. The van der Waals surface area contributed by atoms with E-state index in [1.807, 2.05) is 19.1 Å². The van der Waals surface area contributed by atoms with Crippen LogP contribution in [0.5, 0.6) is 5.75 Å². The highest BCUT2D eigenvalue weighted by Crippen LogP contribution is 2.30. The summed E-state index contributed by atoms with van der Waals surface area (Å²) in [4.78, 5) is 15.4. The Morgan fingerprint density at radius 3 is 2.74 bits per heavy atom. The Kier molecular flexibility index (Phi) is 6.47. The lowest BCUT2D eigenvalue weighted by molar-refractivity contribution is 0.0500. The number of methoxy groups -OCH3 is 1. The van der Waals surface area contributed by atoms with Crippen molar-refractivity contribution < 1.29 is 19.0 Å². The minimum atomic E-state index is -0.288. The quantitative estimate of drug-likeness (QED) is 0.563. The lowest BCUT2D eigenvalue weighted by atomic mass is 10.1. The molecule has 2 rings (SSSR count). The molecule has 5 heteroatoms. The summed E-state index contributed by atoms with van der Waals surface area (Å²) in [7, 11) is 1.64. The average Bonchev–Trinajstić information content (AvgIpc) is 2.98. The summed E-state index contributed by atoms with van der Waals surface area (Å²) in [6, 6.07) is 3.82. The van der Waals surface area contributed by atoms with Crippen LogP contribution in [-0.2, 0) is 9.47 Å². The summed E-state index contributed by atoms with van der Waals surface area (Å²) in [5.41, 5.74) is 2.40. The van der Waals surface area contributed by atoms with Crippen LogP contribution in [0.3, 0.4) is 0 Å². The van der Waals surface area contributed by atoms with Crippen molar-refractivity contribution in [2.24, 2.45) is 0 Å². The molecule has 1 heterocycles. The molecule has 0 bridgehead atoms. The fourth-order valence-corrected chi connectivity index (χ4v) is 2.53. The zero-order chi connectivity index (χ0) is 16.7. The summed E-state index contributed by atoms with van der Waals surface area (Å²) < 4.78 is 16.1. The minimum Gasteiger partial charge on any atom is -0.491 e. The van der Waals surface area contributed by atoms with E-state index < -0.39 is 0 Å². The Labute approximate surface area is 136 Å². The maximum atomic E-state index is 12.3. The average molecular weight is 319 g/mol. The van der Waals surface area contributed by atoms with Crippen molar-refractivity contribution in [3.63, 3.8) is 0 Å².